The highest BCUT2D eigenvalue weighted by molar-refractivity contribution is 5.52. The Bertz CT molecular complexity index is 946. The summed E-state index contributed by atoms with van der Waals surface area (Å²) in [6.45, 7) is 1.72. The minimum absolute atomic E-state index is 0.225. The van der Waals surface area contributed by atoms with Gasteiger partial charge in [0.2, 0.25) is 0 Å². The van der Waals surface area contributed by atoms with Gasteiger partial charge in [0.1, 0.15) is 11.6 Å². The molecule has 3 nitrogen and oxygen atoms in total. The van der Waals surface area contributed by atoms with Crippen LogP contribution >= 0.6 is 0 Å². The van der Waals surface area contributed by atoms with Crippen molar-refractivity contribution in [3.8, 4) is 5.75 Å². The first-order valence-electron chi connectivity index (χ1n) is 9.54. The summed E-state index contributed by atoms with van der Waals surface area (Å²) in [5, 5.41) is 10.6. The van der Waals surface area contributed by atoms with Gasteiger partial charge in [0.25, 0.3) is 0 Å². The van der Waals surface area contributed by atoms with Gasteiger partial charge in [-0.1, -0.05) is 42.5 Å². The van der Waals surface area contributed by atoms with E-state index in [0.717, 1.165) is 28.1 Å². The Hall–Kier alpha value is -3.27. The lowest BCUT2D eigenvalue weighted by Gasteiger charge is -2.33. The quantitative estimate of drug-likeness (QED) is 0.495. The Balaban J connectivity index is 2.06. The highest BCUT2D eigenvalue weighted by Gasteiger charge is 2.25. The van der Waals surface area contributed by atoms with Crippen LogP contribution in [0.4, 0.5) is 10.1 Å². The molecule has 150 valence electrons. The number of likely N-dealkylation sites (N-methyl/N-ethyl adjacent to an activating group) is 1. The van der Waals surface area contributed by atoms with Gasteiger partial charge in [0.15, 0.2) is 0 Å². The molecule has 1 N–H and O–H groups in total. The molecule has 0 bridgehead atoms. The predicted molar refractivity (Wildman–Crippen MR) is 116 cm³/mol. The predicted octanol–water partition coefficient (Wildman–Crippen LogP) is 6.09. The van der Waals surface area contributed by atoms with Crippen molar-refractivity contribution in [2.45, 2.75) is 19.4 Å². The summed E-state index contributed by atoms with van der Waals surface area (Å²) < 4.78 is 18.7. The summed E-state index contributed by atoms with van der Waals surface area (Å²) in [5.74, 6) is 0.774. The fourth-order valence-corrected chi connectivity index (χ4v) is 3.51. The fraction of sp³-hybridized carbons (Fsp3) is 0.200. The van der Waals surface area contributed by atoms with E-state index in [2.05, 4.69) is 4.90 Å². The average molecular weight is 391 g/mol. The zero-order valence-electron chi connectivity index (χ0n) is 17.0. The molecule has 29 heavy (non-hydrogen) atoms. The molecule has 0 saturated heterocycles. The number of anilines is 1. The van der Waals surface area contributed by atoms with Gasteiger partial charge in [-0.25, -0.2) is 4.39 Å². The molecule has 1 atom stereocenters. The molecule has 4 heteroatoms. The van der Waals surface area contributed by atoms with Crippen molar-refractivity contribution in [2.24, 2.45) is 0 Å². The molecule has 0 aromatic heterocycles. The highest BCUT2D eigenvalue weighted by atomic mass is 19.1. The number of rotatable bonds is 7. The van der Waals surface area contributed by atoms with E-state index in [1.165, 1.54) is 12.1 Å². The van der Waals surface area contributed by atoms with Gasteiger partial charge in [-0.2, -0.15) is 0 Å². The van der Waals surface area contributed by atoms with E-state index < -0.39 is 0 Å². The van der Waals surface area contributed by atoms with Crippen LogP contribution < -0.4 is 9.64 Å². The lowest BCUT2D eigenvalue weighted by molar-refractivity contribution is 0.398. The minimum atomic E-state index is -0.276. The van der Waals surface area contributed by atoms with Gasteiger partial charge >= 0.3 is 0 Å². The Morgan fingerprint density at radius 2 is 1.59 bits per heavy atom. The molecule has 1 unspecified atom stereocenters. The van der Waals surface area contributed by atoms with E-state index in [4.69, 9.17) is 4.74 Å². The van der Waals surface area contributed by atoms with Crippen molar-refractivity contribution in [2.75, 3.05) is 19.1 Å². The van der Waals surface area contributed by atoms with Crippen LogP contribution in [-0.4, -0.2) is 19.3 Å². The molecule has 0 heterocycles. The number of aliphatic hydroxyl groups excluding tert-OH is 1. The van der Waals surface area contributed by atoms with E-state index in [0.29, 0.717) is 6.42 Å². The van der Waals surface area contributed by atoms with Gasteiger partial charge in [-0.05, 0) is 66.4 Å². The van der Waals surface area contributed by atoms with Gasteiger partial charge in [0.05, 0.1) is 18.9 Å². The van der Waals surface area contributed by atoms with Crippen molar-refractivity contribution >= 4 is 5.69 Å². The number of benzene rings is 3. The van der Waals surface area contributed by atoms with Crippen molar-refractivity contribution < 1.29 is 14.2 Å². The highest BCUT2D eigenvalue weighted by Crippen LogP contribution is 2.35. The second-order valence-corrected chi connectivity index (χ2v) is 7.04. The minimum Gasteiger partial charge on any atom is -0.513 e. The zero-order valence-corrected chi connectivity index (χ0v) is 17.0. The zero-order chi connectivity index (χ0) is 20.8. The first-order chi connectivity index (χ1) is 14.0. The average Bonchev–Trinajstić information content (AvgIpc) is 2.74. The molecule has 0 amide bonds. The lowest BCUT2D eigenvalue weighted by atomic mass is 9.91. The third kappa shape index (κ3) is 4.96. The van der Waals surface area contributed by atoms with Crippen molar-refractivity contribution in [3.05, 3.63) is 107 Å². The molecule has 0 aliphatic carbocycles. The number of methoxy groups -OCH3 is 1. The Labute approximate surface area is 171 Å². The maximum atomic E-state index is 13.5. The molecule has 0 radical (unpaired) electrons. The van der Waals surface area contributed by atoms with Crippen LogP contribution in [0.2, 0.25) is 0 Å². The normalized spacial score (nSPS) is 12.8. The second kappa shape index (κ2) is 9.28. The monoisotopic (exact) mass is 391 g/mol. The number of nitrogens with zero attached hydrogens (tertiary/aromatic N) is 1. The summed E-state index contributed by atoms with van der Waals surface area (Å²) in [5.41, 5.74) is 3.87. The Morgan fingerprint density at radius 3 is 2.14 bits per heavy atom. The third-order valence-corrected chi connectivity index (χ3v) is 5.08. The van der Waals surface area contributed by atoms with Crippen molar-refractivity contribution in [1.29, 1.82) is 0 Å². The first-order valence-corrected chi connectivity index (χ1v) is 9.54. The Morgan fingerprint density at radius 1 is 0.966 bits per heavy atom. The molecule has 3 rings (SSSR count). The van der Waals surface area contributed by atoms with Crippen LogP contribution in [0, 0.1) is 5.82 Å². The van der Waals surface area contributed by atoms with E-state index in [9.17, 15) is 9.50 Å². The smallest absolute Gasteiger partial charge is 0.123 e. The van der Waals surface area contributed by atoms with E-state index in [-0.39, 0.29) is 17.6 Å². The van der Waals surface area contributed by atoms with Crippen LogP contribution in [0.3, 0.4) is 0 Å². The van der Waals surface area contributed by atoms with Gasteiger partial charge in [-0.3, -0.25) is 0 Å². The topological polar surface area (TPSA) is 32.7 Å². The van der Waals surface area contributed by atoms with Crippen LogP contribution in [-0.2, 0) is 6.42 Å². The van der Waals surface area contributed by atoms with E-state index >= 15 is 0 Å². The number of allylic oxidation sites excluding steroid dienone is 1. The maximum Gasteiger partial charge on any atom is 0.123 e. The molecule has 0 fully saturated rings. The molecule has 0 aliphatic rings. The van der Waals surface area contributed by atoms with Crippen LogP contribution in [0.25, 0.3) is 0 Å². The number of aliphatic hydroxyl groups is 1. The van der Waals surface area contributed by atoms with Crippen LogP contribution in [0.5, 0.6) is 5.75 Å². The number of ether oxygens (including phenoxy) is 1. The van der Waals surface area contributed by atoms with Crippen molar-refractivity contribution in [1.82, 2.24) is 0 Å². The fourth-order valence-electron chi connectivity index (χ4n) is 3.51. The number of halogens is 1. The second-order valence-electron chi connectivity index (χ2n) is 7.04. The van der Waals surface area contributed by atoms with Crippen molar-refractivity contribution in [3.63, 3.8) is 0 Å². The third-order valence-electron chi connectivity index (χ3n) is 5.08. The molecular formula is C25H26FNO2. The molecular weight excluding hydrogens is 365 g/mol. The summed E-state index contributed by atoms with van der Waals surface area (Å²) in [6.07, 6.45) is 0.603. The number of hydrogen-bond acceptors (Lipinski definition) is 3. The lowest BCUT2D eigenvalue weighted by Crippen LogP contribution is -2.27. The molecule has 3 aromatic carbocycles. The molecule has 0 saturated carbocycles. The van der Waals surface area contributed by atoms with E-state index in [1.54, 1.807) is 26.2 Å². The summed E-state index contributed by atoms with van der Waals surface area (Å²) in [6, 6.07) is 24.0. The van der Waals surface area contributed by atoms with Gasteiger partial charge in [0, 0.05) is 12.7 Å². The SMILES string of the molecule is COc1ccc(C(/C(Cc2ccccc2)=C(\C)O)N(C)c2ccc(F)cc2)cc1. The standard InChI is InChI=1S/C25H26FNO2/c1-18(28)24(17-19-7-5-4-6-8-19)25(20-9-15-23(29-3)16-10-20)27(2)22-13-11-21(26)12-14-22/h4-16,25,28H,17H2,1-3H3/b24-18+. The molecule has 3 aromatic rings. The maximum absolute atomic E-state index is 13.5. The number of hydrogen-bond donors (Lipinski definition) is 1. The van der Waals surface area contributed by atoms with Crippen LogP contribution in [0.1, 0.15) is 24.1 Å². The largest absolute Gasteiger partial charge is 0.513 e. The Kier molecular flexibility index (Phi) is 6.55. The van der Waals surface area contributed by atoms with Crippen LogP contribution in [0.15, 0.2) is 90.2 Å². The van der Waals surface area contributed by atoms with Gasteiger partial charge in [-0.15, -0.1) is 0 Å². The molecule has 0 aliphatic heterocycles. The first kappa shape index (κ1) is 20.5. The van der Waals surface area contributed by atoms with Gasteiger partial charge < -0.3 is 14.7 Å². The summed E-state index contributed by atoms with van der Waals surface area (Å²) in [4.78, 5) is 2.05. The summed E-state index contributed by atoms with van der Waals surface area (Å²) in [7, 11) is 3.59. The van der Waals surface area contributed by atoms with E-state index in [1.807, 2.05) is 61.6 Å². The summed E-state index contributed by atoms with van der Waals surface area (Å²) >= 11 is 0. The molecule has 0 spiro atoms.